The van der Waals surface area contributed by atoms with Gasteiger partial charge in [-0.1, -0.05) is 28.0 Å². The normalized spacial score (nSPS) is 18.6. The van der Waals surface area contributed by atoms with Crippen molar-refractivity contribution < 1.29 is 15.1 Å². The Labute approximate surface area is 131 Å². The lowest BCUT2D eigenvalue weighted by Gasteiger charge is -2.38. The number of oxime groups is 1. The lowest BCUT2D eigenvalue weighted by molar-refractivity contribution is 0.0663. The van der Waals surface area contributed by atoms with Crippen molar-refractivity contribution in [2.45, 2.75) is 19.8 Å². The summed E-state index contributed by atoms with van der Waals surface area (Å²) < 4.78 is 0.738. The number of phenolic OH excluding ortho intramolecular Hbond substituents is 1. The number of nitrogens with zero attached hydrogens (tertiary/aromatic N) is 2. The molecule has 1 aromatic rings. The van der Waals surface area contributed by atoms with Crippen molar-refractivity contribution in [3.8, 4) is 5.75 Å². The lowest BCUT2D eigenvalue weighted by atomic mass is 9.79. The summed E-state index contributed by atoms with van der Waals surface area (Å²) in [5, 5.41) is 21.7. The number of hydrogen-bond acceptors (Lipinski definition) is 4. The topological polar surface area (TPSA) is 99.2 Å². The number of nitrogens with two attached hydrogens (primary N) is 1. The lowest BCUT2D eigenvalue weighted by Crippen LogP contribution is -2.47. The summed E-state index contributed by atoms with van der Waals surface area (Å²) in [7, 11) is 0. The Bertz CT molecular complexity index is 581. The molecule has 0 radical (unpaired) electrons. The quantitative estimate of drug-likeness (QED) is 0.327. The molecule has 4 N–H and O–H groups in total. The van der Waals surface area contributed by atoms with Crippen LogP contribution in [-0.2, 0) is 0 Å². The number of amidine groups is 1. The molecular weight excluding hydrogens is 338 g/mol. The maximum Gasteiger partial charge on any atom is 0.257 e. The Morgan fingerprint density at radius 3 is 2.62 bits per heavy atom. The number of amides is 1. The minimum Gasteiger partial charge on any atom is -0.507 e. The molecule has 1 saturated heterocycles. The number of likely N-dealkylation sites (tertiary alicyclic amines) is 1. The Kier molecular flexibility index (Phi) is 4.41. The van der Waals surface area contributed by atoms with E-state index >= 15 is 0 Å². The van der Waals surface area contributed by atoms with Crippen LogP contribution >= 0.6 is 15.9 Å². The smallest absolute Gasteiger partial charge is 0.257 e. The first-order valence-electron chi connectivity index (χ1n) is 6.63. The molecule has 114 valence electrons. The van der Waals surface area contributed by atoms with E-state index in [2.05, 4.69) is 21.1 Å². The summed E-state index contributed by atoms with van der Waals surface area (Å²) in [4.78, 5) is 14.1. The highest BCUT2D eigenvalue weighted by molar-refractivity contribution is 9.10. The van der Waals surface area contributed by atoms with Gasteiger partial charge in [-0.2, -0.15) is 0 Å². The van der Waals surface area contributed by atoms with Crippen molar-refractivity contribution in [1.29, 1.82) is 0 Å². The van der Waals surface area contributed by atoms with Gasteiger partial charge in [0.05, 0.1) is 5.56 Å². The van der Waals surface area contributed by atoms with Crippen molar-refractivity contribution in [3.05, 3.63) is 28.2 Å². The van der Waals surface area contributed by atoms with Crippen molar-refractivity contribution in [2.75, 3.05) is 13.1 Å². The molecule has 1 amide bonds. The number of benzene rings is 1. The van der Waals surface area contributed by atoms with Crippen molar-refractivity contribution in [1.82, 2.24) is 4.90 Å². The van der Waals surface area contributed by atoms with E-state index in [1.807, 2.05) is 6.92 Å². The second-order valence-electron chi connectivity index (χ2n) is 5.50. The monoisotopic (exact) mass is 355 g/mol. The first-order chi connectivity index (χ1) is 9.87. The number of piperidine rings is 1. The largest absolute Gasteiger partial charge is 0.507 e. The van der Waals surface area contributed by atoms with E-state index in [0.717, 1.165) is 4.47 Å². The predicted molar refractivity (Wildman–Crippen MR) is 82.5 cm³/mol. The fourth-order valence-corrected chi connectivity index (χ4v) is 2.79. The van der Waals surface area contributed by atoms with Crippen LogP contribution in [0, 0.1) is 5.41 Å². The third-order valence-electron chi connectivity index (χ3n) is 4.07. The number of hydrogen-bond donors (Lipinski definition) is 3. The molecule has 1 aliphatic rings. The minimum absolute atomic E-state index is 0.0343. The van der Waals surface area contributed by atoms with Crippen molar-refractivity contribution in [2.24, 2.45) is 16.3 Å². The molecule has 0 atom stereocenters. The number of aromatic hydroxyl groups is 1. The number of carbonyl (C=O) groups is 1. The molecule has 21 heavy (non-hydrogen) atoms. The van der Waals surface area contributed by atoms with E-state index in [1.165, 1.54) is 6.07 Å². The van der Waals surface area contributed by atoms with E-state index in [-0.39, 0.29) is 23.1 Å². The molecule has 0 aliphatic carbocycles. The molecular formula is C14H18BrN3O3. The van der Waals surface area contributed by atoms with Gasteiger partial charge in [0.2, 0.25) is 0 Å². The number of carbonyl (C=O) groups excluding carboxylic acids is 1. The molecule has 0 saturated carbocycles. The highest BCUT2D eigenvalue weighted by atomic mass is 79.9. The standard InChI is InChI=1S/C14H18BrN3O3/c1-14(13(16)17-21)4-6-18(7-5-14)12(20)10-8-9(15)2-3-11(10)19/h2-3,8,19,21H,4-7H2,1H3,(H2,16,17). The van der Waals surface area contributed by atoms with Gasteiger partial charge in [-0.05, 0) is 31.0 Å². The molecule has 7 heteroatoms. The van der Waals surface area contributed by atoms with Crippen LogP contribution in [0.15, 0.2) is 27.8 Å². The Hall–Kier alpha value is -1.76. The van der Waals surface area contributed by atoms with Gasteiger partial charge < -0.3 is 20.9 Å². The second-order valence-corrected chi connectivity index (χ2v) is 6.42. The molecule has 6 nitrogen and oxygen atoms in total. The van der Waals surface area contributed by atoms with E-state index in [0.29, 0.717) is 25.9 Å². The first-order valence-corrected chi connectivity index (χ1v) is 7.42. The van der Waals surface area contributed by atoms with Crippen LogP contribution in [0.1, 0.15) is 30.1 Å². The molecule has 1 aromatic carbocycles. The Morgan fingerprint density at radius 2 is 2.05 bits per heavy atom. The molecule has 0 unspecified atom stereocenters. The van der Waals surface area contributed by atoms with Gasteiger partial charge in [-0.15, -0.1) is 0 Å². The van der Waals surface area contributed by atoms with Crippen LogP contribution in [0.3, 0.4) is 0 Å². The summed E-state index contributed by atoms with van der Waals surface area (Å²) in [6.45, 7) is 2.91. The van der Waals surface area contributed by atoms with Crippen LogP contribution in [0.5, 0.6) is 5.75 Å². The van der Waals surface area contributed by atoms with E-state index in [1.54, 1.807) is 17.0 Å². The van der Waals surface area contributed by atoms with Crippen LogP contribution in [0.2, 0.25) is 0 Å². The van der Waals surface area contributed by atoms with Gasteiger partial charge in [-0.25, -0.2) is 0 Å². The average molecular weight is 356 g/mol. The zero-order valence-electron chi connectivity index (χ0n) is 11.7. The van der Waals surface area contributed by atoms with Crippen LogP contribution in [-0.4, -0.2) is 40.0 Å². The SMILES string of the molecule is CC1(/C(N)=N/O)CCN(C(=O)c2cc(Br)ccc2O)CC1. The van der Waals surface area contributed by atoms with Gasteiger partial charge in [0, 0.05) is 23.0 Å². The summed E-state index contributed by atoms with van der Waals surface area (Å²) >= 11 is 3.29. The molecule has 0 aromatic heterocycles. The summed E-state index contributed by atoms with van der Waals surface area (Å²) in [5.41, 5.74) is 5.59. The average Bonchev–Trinajstić information content (AvgIpc) is 2.49. The van der Waals surface area contributed by atoms with E-state index < -0.39 is 5.41 Å². The number of rotatable bonds is 2. The van der Waals surface area contributed by atoms with Gasteiger partial charge in [-0.3, -0.25) is 4.79 Å². The molecule has 1 aliphatic heterocycles. The predicted octanol–water partition coefficient (Wildman–Crippen LogP) is 2.14. The second kappa shape index (κ2) is 5.93. The van der Waals surface area contributed by atoms with E-state index in [4.69, 9.17) is 10.9 Å². The van der Waals surface area contributed by atoms with Gasteiger partial charge >= 0.3 is 0 Å². The number of phenols is 1. The zero-order chi connectivity index (χ0) is 15.6. The molecule has 1 fully saturated rings. The summed E-state index contributed by atoms with van der Waals surface area (Å²) in [6, 6.07) is 4.77. The van der Waals surface area contributed by atoms with Crippen molar-refractivity contribution >= 4 is 27.7 Å². The van der Waals surface area contributed by atoms with Crippen LogP contribution < -0.4 is 5.73 Å². The summed E-state index contributed by atoms with van der Waals surface area (Å²) in [5.74, 6) is -0.0526. The minimum atomic E-state index is -0.398. The highest BCUT2D eigenvalue weighted by Gasteiger charge is 2.36. The Balaban J connectivity index is 2.12. The van der Waals surface area contributed by atoms with E-state index in [9.17, 15) is 9.90 Å². The third kappa shape index (κ3) is 3.12. The maximum absolute atomic E-state index is 12.5. The maximum atomic E-state index is 12.5. The molecule has 0 spiro atoms. The van der Waals surface area contributed by atoms with Crippen LogP contribution in [0.25, 0.3) is 0 Å². The zero-order valence-corrected chi connectivity index (χ0v) is 13.3. The number of halogens is 1. The van der Waals surface area contributed by atoms with Gasteiger partial charge in [0.25, 0.3) is 5.91 Å². The first kappa shape index (κ1) is 15.6. The summed E-state index contributed by atoms with van der Waals surface area (Å²) in [6.07, 6.45) is 1.23. The molecule has 2 rings (SSSR count). The fraction of sp³-hybridized carbons (Fsp3) is 0.429. The molecule has 1 heterocycles. The fourth-order valence-electron chi connectivity index (χ4n) is 2.43. The highest BCUT2D eigenvalue weighted by Crippen LogP contribution is 2.32. The molecule has 0 bridgehead atoms. The van der Waals surface area contributed by atoms with Crippen molar-refractivity contribution in [3.63, 3.8) is 0 Å². The van der Waals surface area contributed by atoms with Crippen LogP contribution in [0.4, 0.5) is 0 Å². The van der Waals surface area contributed by atoms with Gasteiger partial charge in [0.15, 0.2) is 0 Å². The van der Waals surface area contributed by atoms with Gasteiger partial charge in [0.1, 0.15) is 11.6 Å². The Morgan fingerprint density at radius 1 is 1.43 bits per heavy atom. The third-order valence-corrected chi connectivity index (χ3v) is 4.56.